The standard InChI is InChI=1S/C17H23N3O2/c1-11-14(8-13-6-4-3-5-7-13)9-15(12(2)21)10-16(11)19-20-17(18)22/h3-7,11,14-15H,8-10H2,1-2H3,(H3,18,20,22)/t11-,14-,15+/m1/s1. The summed E-state index contributed by atoms with van der Waals surface area (Å²) in [7, 11) is 0. The van der Waals surface area contributed by atoms with Crippen molar-refractivity contribution < 1.29 is 9.59 Å². The summed E-state index contributed by atoms with van der Waals surface area (Å²) in [6, 6.07) is 9.56. The van der Waals surface area contributed by atoms with Crippen molar-refractivity contribution in [2.45, 2.75) is 33.1 Å². The summed E-state index contributed by atoms with van der Waals surface area (Å²) < 4.78 is 0. The van der Waals surface area contributed by atoms with Gasteiger partial charge in [-0.15, -0.1) is 0 Å². The molecule has 1 aliphatic carbocycles. The van der Waals surface area contributed by atoms with Crippen LogP contribution in [0.2, 0.25) is 0 Å². The molecule has 3 atom stereocenters. The van der Waals surface area contributed by atoms with Crippen molar-refractivity contribution in [1.82, 2.24) is 5.43 Å². The van der Waals surface area contributed by atoms with Crippen molar-refractivity contribution in [3.05, 3.63) is 35.9 Å². The van der Waals surface area contributed by atoms with Crippen LogP contribution in [0.3, 0.4) is 0 Å². The molecule has 0 unspecified atom stereocenters. The lowest BCUT2D eigenvalue weighted by Crippen LogP contribution is -2.37. The van der Waals surface area contributed by atoms with Gasteiger partial charge in [0.1, 0.15) is 5.78 Å². The van der Waals surface area contributed by atoms with Gasteiger partial charge in [0.2, 0.25) is 0 Å². The van der Waals surface area contributed by atoms with E-state index in [1.54, 1.807) is 6.92 Å². The molecule has 1 aromatic carbocycles. The van der Waals surface area contributed by atoms with Crippen LogP contribution in [0.15, 0.2) is 35.4 Å². The third kappa shape index (κ3) is 4.16. The van der Waals surface area contributed by atoms with E-state index in [1.807, 2.05) is 18.2 Å². The van der Waals surface area contributed by atoms with Gasteiger partial charge in [0, 0.05) is 11.6 Å². The Kier molecular flexibility index (Phi) is 5.31. The molecule has 0 spiro atoms. The molecule has 1 aliphatic rings. The lowest BCUT2D eigenvalue weighted by atomic mass is 9.70. The van der Waals surface area contributed by atoms with E-state index in [0.29, 0.717) is 12.3 Å². The van der Waals surface area contributed by atoms with Gasteiger partial charge < -0.3 is 5.73 Å². The van der Waals surface area contributed by atoms with Crippen molar-refractivity contribution in [1.29, 1.82) is 0 Å². The fraction of sp³-hybridized carbons (Fsp3) is 0.471. The largest absolute Gasteiger partial charge is 0.350 e. The van der Waals surface area contributed by atoms with E-state index in [4.69, 9.17) is 5.73 Å². The zero-order chi connectivity index (χ0) is 16.1. The van der Waals surface area contributed by atoms with Crippen LogP contribution in [-0.4, -0.2) is 17.5 Å². The van der Waals surface area contributed by atoms with Gasteiger partial charge in [-0.05, 0) is 43.6 Å². The predicted octanol–water partition coefficient (Wildman–Crippen LogP) is 2.50. The monoisotopic (exact) mass is 301 g/mol. The van der Waals surface area contributed by atoms with E-state index in [9.17, 15) is 9.59 Å². The summed E-state index contributed by atoms with van der Waals surface area (Å²) >= 11 is 0. The fourth-order valence-corrected chi connectivity index (χ4v) is 3.12. The number of nitrogens with zero attached hydrogens (tertiary/aromatic N) is 1. The summed E-state index contributed by atoms with van der Waals surface area (Å²) in [4.78, 5) is 22.7. The normalized spacial score (nSPS) is 26.6. The van der Waals surface area contributed by atoms with Crippen LogP contribution in [0, 0.1) is 17.8 Å². The van der Waals surface area contributed by atoms with E-state index in [1.165, 1.54) is 5.56 Å². The summed E-state index contributed by atoms with van der Waals surface area (Å²) in [6.45, 7) is 3.73. The van der Waals surface area contributed by atoms with Crippen molar-refractivity contribution in [2.24, 2.45) is 28.6 Å². The Morgan fingerprint density at radius 1 is 1.32 bits per heavy atom. The molecule has 3 N–H and O–H groups in total. The summed E-state index contributed by atoms with van der Waals surface area (Å²) in [5.74, 6) is 0.691. The molecular formula is C17H23N3O2. The number of nitrogens with two attached hydrogens (primary N) is 1. The van der Waals surface area contributed by atoms with Gasteiger partial charge >= 0.3 is 6.03 Å². The second-order valence-electron chi connectivity index (χ2n) is 6.07. The number of rotatable bonds is 4. The van der Waals surface area contributed by atoms with Crippen molar-refractivity contribution in [3.8, 4) is 0 Å². The number of urea groups is 1. The van der Waals surface area contributed by atoms with Gasteiger partial charge in [-0.1, -0.05) is 37.3 Å². The molecule has 0 radical (unpaired) electrons. The van der Waals surface area contributed by atoms with Gasteiger partial charge in [0.15, 0.2) is 0 Å². The molecule has 2 amide bonds. The maximum atomic E-state index is 11.8. The van der Waals surface area contributed by atoms with Gasteiger partial charge in [-0.25, -0.2) is 10.2 Å². The van der Waals surface area contributed by atoms with Crippen molar-refractivity contribution in [2.75, 3.05) is 0 Å². The number of carbonyl (C=O) groups excluding carboxylic acids is 2. The van der Waals surface area contributed by atoms with Crippen LogP contribution in [0.25, 0.3) is 0 Å². The first-order valence-electron chi connectivity index (χ1n) is 7.63. The minimum atomic E-state index is -0.677. The average Bonchev–Trinajstić information content (AvgIpc) is 2.48. The molecule has 1 saturated carbocycles. The van der Waals surface area contributed by atoms with Crippen LogP contribution in [0.4, 0.5) is 4.79 Å². The molecule has 1 fully saturated rings. The van der Waals surface area contributed by atoms with E-state index in [-0.39, 0.29) is 17.6 Å². The number of hydrogen-bond acceptors (Lipinski definition) is 3. The van der Waals surface area contributed by atoms with Crippen LogP contribution in [0.1, 0.15) is 32.3 Å². The quantitative estimate of drug-likeness (QED) is 0.837. The third-order valence-corrected chi connectivity index (χ3v) is 4.50. The molecule has 0 saturated heterocycles. The average molecular weight is 301 g/mol. The van der Waals surface area contributed by atoms with Gasteiger partial charge in [0.05, 0.1) is 0 Å². The van der Waals surface area contributed by atoms with Gasteiger partial charge in [0.25, 0.3) is 0 Å². The molecule has 0 bridgehead atoms. The van der Waals surface area contributed by atoms with Crippen molar-refractivity contribution >= 4 is 17.5 Å². The lowest BCUT2D eigenvalue weighted by molar-refractivity contribution is -0.121. The number of hydrogen-bond donors (Lipinski definition) is 2. The summed E-state index contributed by atoms with van der Waals surface area (Å²) in [6.07, 6.45) is 2.37. The van der Waals surface area contributed by atoms with Crippen LogP contribution in [0.5, 0.6) is 0 Å². The summed E-state index contributed by atoms with van der Waals surface area (Å²) in [5, 5.41) is 4.13. The van der Waals surface area contributed by atoms with E-state index in [2.05, 4.69) is 29.6 Å². The number of benzene rings is 1. The van der Waals surface area contributed by atoms with E-state index in [0.717, 1.165) is 18.6 Å². The maximum absolute atomic E-state index is 11.8. The molecule has 22 heavy (non-hydrogen) atoms. The number of Topliss-reactive ketones (excluding diaryl/α,β-unsaturated/α-hetero) is 1. The molecule has 5 heteroatoms. The minimum absolute atomic E-state index is 0.0293. The first-order valence-corrected chi connectivity index (χ1v) is 7.63. The Balaban J connectivity index is 2.18. The minimum Gasteiger partial charge on any atom is -0.350 e. The van der Waals surface area contributed by atoms with Gasteiger partial charge in [-0.2, -0.15) is 5.10 Å². The molecule has 118 valence electrons. The molecule has 0 aromatic heterocycles. The van der Waals surface area contributed by atoms with Crippen LogP contribution < -0.4 is 11.2 Å². The predicted molar refractivity (Wildman–Crippen MR) is 86.4 cm³/mol. The van der Waals surface area contributed by atoms with Crippen LogP contribution in [-0.2, 0) is 11.2 Å². The highest BCUT2D eigenvalue weighted by atomic mass is 16.2. The topological polar surface area (TPSA) is 84.6 Å². The highest BCUT2D eigenvalue weighted by Gasteiger charge is 2.34. The maximum Gasteiger partial charge on any atom is 0.332 e. The second-order valence-corrected chi connectivity index (χ2v) is 6.07. The zero-order valence-electron chi connectivity index (χ0n) is 13.1. The highest BCUT2D eigenvalue weighted by molar-refractivity contribution is 5.93. The molecule has 2 rings (SSSR count). The SMILES string of the molecule is CC(=O)[C@@H]1CC(=NNC(N)=O)[C@H](C)[C@H](Cc2ccccc2)C1. The Labute approximate surface area is 131 Å². The Hall–Kier alpha value is -2.17. The number of primary amides is 1. The number of hydrazone groups is 1. The summed E-state index contributed by atoms with van der Waals surface area (Å²) in [5.41, 5.74) is 9.50. The first-order chi connectivity index (χ1) is 10.5. The zero-order valence-corrected chi connectivity index (χ0v) is 13.1. The molecule has 0 aliphatic heterocycles. The fourth-order valence-electron chi connectivity index (χ4n) is 3.12. The number of nitrogens with one attached hydrogen (secondary N) is 1. The van der Waals surface area contributed by atoms with E-state index >= 15 is 0 Å². The molecule has 1 aromatic rings. The van der Waals surface area contributed by atoms with Crippen molar-refractivity contribution in [3.63, 3.8) is 0 Å². The van der Waals surface area contributed by atoms with Gasteiger partial charge in [-0.3, -0.25) is 4.79 Å². The van der Waals surface area contributed by atoms with E-state index < -0.39 is 6.03 Å². The second kappa shape index (κ2) is 7.20. The Bertz CT molecular complexity index is 569. The number of ketones is 1. The molecule has 5 nitrogen and oxygen atoms in total. The Morgan fingerprint density at radius 2 is 2.00 bits per heavy atom. The molecular weight excluding hydrogens is 278 g/mol. The van der Waals surface area contributed by atoms with Crippen LogP contribution >= 0.6 is 0 Å². The lowest BCUT2D eigenvalue weighted by Gasteiger charge is -2.34. The number of carbonyl (C=O) groups is 2. The highest BCUT2D eigenvalue weighted by Crippen LogP contribution is 2.34. The number of amides is 2. The molecule has 0 heterocycles. The Morgan fingerprint density at radius 3 is 2.59 bits per heavy atom. The third-order valence-electron chi connectivity index (χ3n) is 4.50. The smallest absolute Gasteiger partial charge is 0.332 e. The first kappa shape index (κ1) is 16.2.